The van der Waals surface area contributed by atoms with Crippen molar-refractivity contribution < 1.29 is 9.59 Å². The summed E-state index contributed by atoms with van der Waals surface area (Å²) < 4.78 is 1.68. The standard InChI is InChI=1S/C19H20N4O2S/c1-4-5-15-21-12(2)17(26-15)19(25)22-14-8-6-13(7-9-14)16(24)18-20-10-11-23(18)3/h6-11H,4-5H2,1-3H3,(H,22,25). The molecule has 0 fully saturated rings. The molecule has 0 aliphatic rings. The van der Waals surface area contributed by atoms with Gasteiger partial charge in [-0.2, -0.15) is 0 Å². The minimum absolute atomic E-state index is 0.155. The van der Waals surface area contributed by atoms with Gasteiger partial charge >= 0.3 is 0 Å². The van der Waals surface area contributed by atoms with Crippen molar-refractivity contribution >= 4 is 28.7 Å². The van der Waals surface area contributed by atoms with Crippen LogP contribution in [-0.4, -0.2) is 26.2 Å². The van der Waals surface area contributed by atoms with Crippen LogP contribution in [0.5, 0.6) is 0 Å². The van der Waals surface area contributed by atoms with E-state index in [0.29, 0.717) is 22.0 Å². The Kier molecular flexibility index (Phi) is 5.27. The normalized spacial score (nSPS) is 10.7. The van der Waals surface area contributed by atoms with Gasteiger partial charge in [0, 0.05) is 30.7 Å². The van der Waals surface area contributed by atoms with E-state index in [-0.39, 0.29) is 11.7 Å². The molecular weight excluding hydrogens is 348 g/mol. The van der Waals surface area contributed by atoms with Crippen molar-refractivity contribution in [1.29, 1.82) is 0 Å². The Morgan fingerprint density at radius 2 is 1.96 bits per heavy atom. The molecule has 3 aromatic rings. The quantitative estimate of drug-likeness (QED) is 0.674. The molecule has 0 aliphatic carbocycles. The third-order valence-electron chi connectivity index (χ3n) is 3.94. The molecule has 1 aromatic carbocycles. The Morgan fingerprint density at radius 1 is 1.23 bits per heavy atom. The number of amides is 1. The molecule has 1 amide bonds. The predicted molar refractivity (Wildman–Crippen MR) is 102 cm³/mol. The number of thiazole rings is 1. The van der Waals surface area contributed by atoms with E-state index in [9.17, 15) is 9.59 Å². The zero-order valence-electron chi connectivity index (χ0n) is 14.9. The molecule has 0 radical (unpaired) electrons. The second-order valence-corrected chi connectivity index (χ2v) is 7.08. The summed E-state index contributed by atoms with van der Waals surface area (Å²) in [5.41, 5.74) is 1.91. The van der Waals surface area contributed by atoms with E-state index in [1.807, 2.05) is 6.92 Å². The van der Waals surface area contributed by atoms with Gasteiger partial charge in [0.1, 0.15) is 4.88 Å². The number of nitrogens with one attached hydrogen (secondary N) is 1. The molecule has 0 spiro atoms. The number of imidazole rings is 1. The molecule has 0 saturated carbocycles. The summed E-state index contributed by atoms with van der Waals surface area (Å²) >= 11 is 1.43. The first-order valence-corrected chi connectivity index (χ1v) is 9.21. The molecule has 0 unspecified atom stereocenters. The third kappa shape index (κ3) is 3.72. The monoisotopic (exact) mass is 368 g/mol. The summed E-state index contributed by atoms with van der Waals surface area (Å²) in [6, 6.07) is 6.82. The fourth-order valence-corrected chi connectivity index (χ4v) is 3.65. The van der Waals surface area contributed by atoms with Gasteiger partial charge in [-0.15, -0.1) is 11.3 Å². The van der Waals surface area contributed by atoms with Crippen molar-refractivity contribution in [3.8, 4) is 0 Å². The maximum atomic E-state index is 12.5. The largest absolute Gasteiger partial charge is 0.331 e. The number of aryl methyl sites for hydroxylation is 3. The summed E-state index contributed by atoms with van der Waals surface area (Å²) in [4.78, 5) is 34.0. The number of hydrogen-bond acceptors (Lipinski definition) is 5. The van der Waals surface area contributed by atoms with Crippen LogP contribution < -0.4 is 5.32 Å². The molecule has 1 N–H and O–H groups in total. The van der Waals surface area contributed by atoms with Gasteiger partial charge in [-0.05, 0) is 44.0 Å². The molecule has 2 heterocycles. The molecule has 0 bridgehead atoms. The van der Waals surface area contributed by atoms with Crippen molar-refractivity contribution in [2.45, 2.75) is 26.7 Å². The average Bonchev–Trinajstić information content (AvgIpc) is 3.21. The number of benzene rings is 1. The van der Waals surface area contributed by atoms with Gasteiger partial charge in [-0.1, -0.05) is 6.92 Å². The highest BCUT2D eigenvalue weighted by Crippen LogP contribution is 2.21. The Hall–Kier alpha value is -2.80. The summed E-state index contributed by atoms with van der Waals surface area (Å²) in [5, 5.41) is 3.84. The van der Waals surface area contributed by atoms with Gasteiger partial charge in [-0.3, -0.25) is 9.59 Å². The number of hydrogen-bond donors (Lipinski definition) is 1. The lowest BCUT2D eigenvalue weighted by molar-refractivity contribution is 0.102. The molecule has 7 heteroatoms. The predicted octanol–water partition coefficient (Wildman–Crippen LogP) is 3.62. The number of ketones is 1. The summed E-state index contributed by atoms with van der Waals surface area (Å²) in [6.07, 6.45) is 5.19. The highest BCUT2D eigenvalue weighted by Gasteiger charge is 2.16. The van der Waals surface area contributed by atoms with Crippen molar-refractivity contribution in [2.75, 3.05) is 5.32 Å². The number of rotatable bonds is 6. The lowest BCUT2D eigenvalue weighted by Gasteiger charge is -2.06. The number of carbonyl (C=O) groups is 2. The fourth-order valence-electron chi connectivity index (χ4n) is 2.59. The third-order valence-corrected chi connectivity index (χ3v) is 5.16. The van der Waals surface area contributed by atoms with Crippen LogP contribution >= 0.6 is 11.3 Å². The summed E-state index contributed by atoms with van der Waals surface area (Å²) in [7, 11) is 1.78. The van der Waals surface area contributed by atoms with E-state index >= 15 is 0 Å². The maximum absolute atomic E-state index is 12.5. The van der Waals surface area contributed by atoms with E-state index in [4.69, 9.17) is 0 Å². The lowest BCUT2D eigenvalue weighted by atomic mass is 10.1. The van der Waals surface area contributed by atoms with Gasteiger partial charge in [-0.25, -0.2) is 9.97 Å². The van der Waals surface area contributed by atoms with E-state index in [0.717, 1.165) is 23.5 Å². The highest BCUT2D eigenvalue weighted by atomic mass is 32.1. The second-order valence-electron chi connectivity index (χ2n) is 5.99. The first kappa shape index (κ1) is 18.0. The molecule has 134 valence electrons. The first-order chi connectivity index (χ1) is 12.5. The zero-order valence-corrected chi connectivity index (χ0v) is 15.8. The molecule has 0 saturated heterocycles. The number of anilines is 1. The highest BCUT2D eigenvalue weighted by molar-refractivity contribution is 7.13. The van der Waals surface area contributed by atoms with Crippen LogP contribution in [0.1, 0.15) is 49.9 Å². The molecule has 0 atom stereocenters. The fraction of sp³-hybridized carbons (Fsp3) is 0.263. The molecular formula is C19H20N4O2S. The van der Waals surface area contributed by atoms with Crippen LogP contribution in [0.2, 0.25) is 0 Å². The molecule has 26 heavy (non-hydrogen) atoms. The van der Waals surface area contributed by atoms with Crippen LogP contribution in [0.3, 0.4) is 0 Å². The summed E-state index contributed by atoms with van der Waals surface area (Å²) in [5.74, 6) is 0.0499. The van der Waals surface area contributed by atoms with Crippen molar-refractivity contribution in [3.05, 3.63) is 63.6 Å². The van der Waals surface area contributed by atoms with Gasteiger partial charge in [0.15, 0.2) is 5.82 Å². The van der Waals surface area contributed by atoms with Crippen molar-refractivity contribution in [2.24, 2.45) is 7.05 Å². The lowest BCUT2D eigenvalue weighted by Crippen LogP contribution is -2.12. The van der Waals surface area contributed by atoms with E-state index in [1.54, 1.807) is 48.3 Å². The smallest absolute Gasteiger partial charge is 0.267 e. The van der Waals surface area contributed by atoms with Crippen LogP contribution in [0, 0.1) is 6.92 Å². The van der Waals surface area contributed by atoms with Crippen LogP contribution in [0.4, 0.5) is 5.69 Å². The van der Waals surface area contributed by atoms with Gasteiger partial charge in [0.25, 0.3) is 5.91 Å². The Balaban J connectivity index is 1.72. The van der Waals surface area contributed by atoms with Crippen LogP contribution in [0.15, 0.2) is 36.7 Å². The van der Waals surface area contributed by atoms with E-state index in [2.05, 4.69) is 22.2 Å². The second kappa shape index (κ2) is 7.61. The first-order valence-electron chi connectivity index (χ1n) is 8.39. The average molecular weight is 368 g/mol. The van der Waals surface area contributed by atoms with Gasteiger partial charge in [0.2, 0.25) is 5.78 Å². The van der Waals surface area contributed by atoms with Crippen molar-refractivity contribution in [3.63, 3.8) is 0 Å². The van der Waals surface area contributed by atoms with E-state index < -0.39 is 0 Å². The topological polar surface area (TPSA) is 76.9 Å². The minimum Gasteiger partial charge on any atom is -0.331 e. The molecule has 3 rings (SSSR count). The van der Waals surface area contributed by atoms with Crippen LogP contribution in [-0.2, 0) is 13.5 Å². The SMILES string of the molecule is CCCc1nc(C)c(C(=O)Nc2ccc(C(=O)c3nccn3C)cc2)s1. The van der Waals surface area contributed by atoms with Crippen LogP contribution in [0.25, 0.3) is 0 Å². The summed E-state index contributed by atoms with van der Waals surface area (Å²) in [6.45, 7) is 3.93. The molecule has 6 nitrogen and oxygen atoms in total. The Bertz CT molecular complexity index is 941. The Morgan fingerprint density at radius 3 is 2.58 bits per heavy atom. The number of carbonyl (C=O) groups excluding carboxylic acids is 2. The number of aromatic nitrogens is 3. The van der Waals surface area contributed by atoms with E-state index in [1.165, 1.54) is 11.3 Å². The minimum atomic E-state index is -0.175. The maximum Gasteiger partial charge on any atom is 0.267 e. The van der Waals surface area contributed by atoms with Crippen molar-refractivity contribution in [1.82, 2.24) is 14.5 Å². The number of nitrogens with zero attached hydrogens (tertiary/aromatic N) is 3. The van der Waals surface area contributed by atoms with Gasteiger partial charge < -0.3 is 9.88 Å². The Labute approximate surface area is 155 Å². The molecule has 0 aliphatic heterocycles. The zero-order chi connectivity index (χ0) is 18.7. The molecule has 2 aromatic heterocycles. The van der Waals surface area contributed by atoms with Gasteiger partial charge in [0.05, 0.1) is 10.7 Å².